The van der Waals surface area contributed by atoms with Gasteiger partial charge in [-0.05, 0) is 6.92 Å². The van der Waals surface area contributed by atoms with E-state index in [9.17, 15) is 9.59 Å². The van der Waals surface area contributed by atoms with Crippen LogP contribution in [0.5, 0.6) is 11.5 Å². The quantitative estimate of drug-likeness (QED) is 0.851. The molecule has 1 heterocycles. The van der Waals surface area contributed by atoms with Crippen LogP contribution in [0.25, 0.3) is 0 Å². The van der Waals surface area contributed by atoms with Crippen molar-refractivity contribution in [3.63, 3.8) is 0 Å². The topological polar surface area (TPSA) is 59.1 Å². The number of carbonyl (C=O) groups excluding carboxylic acids is 2. The summed E-state index contributed by atoms with van der Waals surface area (Å²) < 4.78 is 10.5. The van der Waals surface area contributed by atoms with Gasteiger partial charge in [-0.3, -0.25) is 9.59 Å². The number of carbonyl (C=O) groups is 2. The van der Waals surface area contributed by atoms with Crippen molar-refractivity contribution in [2.75, 3.05) is 32.2 Å². The van der Waals surface area contributed by atoms with Crippen LogP contribution in [0, 0.1) is 5.41 Å². The van der Waals surface area contributed by atoms with E-state index in [-0.39, 0.29) is 11.8 Å². The third kappa shape index (κ3) is 3.47. The molecule has 0 unspecified atom stereocenters. The van der Waals surface area contributed by atoms with E-state index in [2.05, 4.69) is 0 Å². The summed E-state index contributed by atoms with van der Waals surface area (Å²) in [7, 11) is 3.14. The van der Waals surface area contributed by atoms with Gasteiger partial charge in [-0.1, -0.05) is 20.8 Å². The molecule has 0 N–H and O–H groups in total. The monoisotopic (exact) mass is 334 g/mol. The number of rotatable bonds is 3. The lowest BCUT2D eigenvalue weighted by atomic mass is 9.93. The van der Waals surface area contributed by atoms with Gasteiger partial charge in [0.15, 0.2) is 0 Å². The van der Waals surface area contributed by atoms with E-state index in [1.54, 1.807) is 49.1 Å². The van der Waals surface area contributed by atoms with Crippen LogP contribution in [0.4, 0.5) is 5.69 Å². The molecule has 1 fully saturated rings. The highest BCUT2D eigenvalue weighted by atomic mass is 16.5. The maximum Gasteiger partial charge on any atom is 0.249 e. The highest BCUT2D eigenvalue weighted by molar-refractivity contribution is 6.01. The molecule has 132 valence electrons. The van der Waals surface area contributed by atoms with Crippen LogP contribution in [-0.4, -0.2) is 50.1 Å². The van der Waals surface area contributed by atoms with E-state index in [4.69, 9.17) is 9.47 Å². The first kappa shape index (κ1) is 18.1. The smallest absolute Gasteiger partial charge is 0.249 e. The average molecular weight is 334 g/mol. The standard InChI is InChI=1S/C18H26N2O4/c1-12-16(21)20(8-7-19(12)17(22)18(2,3)4)13-9-14(23-5)11-15(10-13)24-6/h9-12H,7-8H2,1-6H3/t12-/m1/s1. The number of methoxy groups -OCH3 is 2. The Bertz CT molecular complexity index is 614. The minimum absolute atomic E-state index is 0.00813. The van der Waals surface area contributed by atoms with Crippen LogP contribution in [0.3, 0.4) is 0 Å². The van der Waals surface area contributed by atoms with E-state index in [1.807, 2.05) is 20.8 Å². The number of anilines is 1. The Morgan fingerprint density at radius 1 is 1.08 bits per heavy atom. The van der Waals surface area contributed by atoms with Crippen molar-refractivity contribution in [2.45, 2.75) is 33.7 Å². The van der Waals surface area contributed by atoms with Gasteiger partial charge in [0.25, 0.3) is 0 Å². The number of ether oxygens (including phenoxy) is 2. The molecular weight excluding hydrogens is 308 g/mol. The van der Waals surface area contributed by atoms with Crippen molar-refractivity contribution in [1.29, 1.82) is 0 Å². The first-order chi connectivity index (χ1) is 11.2. The van der Waals surface area contributed by atoms with Crippen LogP contribution in [0.2, 0.25) is 0 Å². The zero-order chi connectivity index (χ0) is 18.1. The number of nitrogens with zero attached hydrogens (tertiary/aromatic N) is 2. The normalized spacial score (nSPS) is 18.6. The van der Waals surface area contributed by atoms with Gasteiger partial charge in [-0.25, -0.2) is 0 Å². The van der Waals surface area contributed by atoms with Gasteiger partial charge in [0, 0.05) is 36.7 Å². The molecule has 2 amide bonds. The van der Waals surface area contributed by atoms with Crippen molar-refractivity contribution >= 4 is 17.5 Å². The second kappa shape index (κ2) is 6.71. The van der Waals surface area contributed by atoms with Gasteiger partial charge in [0.1, 0.15) is 17.5 Å². The summed E-state index contributed by atoms with van der Waals surface area (Å²) in [5.74, 6) is 1.14. The van der Waals surface area contributed by atoms with E-state index in [0.29, 0.717) is 30.3 Å². The van der Waals surface area contributed by atoms with Crippen LogP contribution < -0.4 is 14.4 Å². The maximum atomic E-state index is 12.8. The van der Waals surface area contributed by atoms with Crippen molar-refractivity contribution in [1.82, 2.24) is 4.90 Å². The van der Waals surface area contributed by atoms with Crippen LogP contribution in [0.15, 0.2) is 18.2 Å². The van der Waals surface area contributed by atoms with Crippen molar-refractivity contribution < 1.29 is 19.1 Å². The number of benzene rings is 1. The van der Waals surface area contributed by atoms with Gasteiger partial charge < -0.3 is 19.3 Å². The number of piperazine rings is 1. The van der Waals surface area contributed by atoms with Crippen molar-refractivity contribution in [2.24, 2.45) is 5.41 Å². The van der Waals surface area contributed by atoms with Crippen LogP contribution in [-0.2, 0) is 9.59 Å². The molecule has 1 aromatic carbocycles. The highest BCUT2D eigenvalue weighted by Crippen LogP contribution is 2.31. The Morgan fingerprint density at radius 2 is 1.62 bits per heavy atom. The number of amides is 2. The SMILES string of the molecule is COc1cc(OC)cc(N2CCN(C(=O)C(C)(C)C)[C@H](C)C2=O)c1. The van der Waals surface area contributed by atoms with E-state index < -0.39 is 11.5 Å². The molecule has 24 heavy (non-hydrogen) atoms. The van der Waals surface area contributed by atoms with Crippen molar-refractivity contribution in [3.05, 3.63) is 18.2 Å². The zero-order valence-corrected chi connectivity index (χ0v) is 15.3. The summed E-state index contributed by atoms with van der Waals surface area (Å²) in [5, 5.41) is 0. The summed E-state index contributed by atoms with van der Waals surface area (Å²) in [4.78, 5) is 28.7. The Hall–Kier alpha value is -2.24. The molecule has 0 aromatic heterocycles. The molecule has 1 atom stereocenters. The maximum absolute atomic E-state index is 12.8. The average Bonchev–Trinajstić information content (AvgIpc) is 2.55. The second-order valence-electron chi connectivity index (χ2n) is 6.99. The summed E-state index contributed by atoms with van der Waals surface area (Å²) in [6.45, 7) is 8.32. The molecular formula is C18H26N2O4. The fourth-order valence-electron chi connectivity index (χ4n) is 2.78. The lowest BCUT2D eigenvalue weighted by molar-refractivity contribution is -0.147. The van der Waals surface area contributed by atoms with E-state index in [0.717, 1.165) is 0 Å². The molecule has 0 aliphatic carbocycles. The summed E-state index contributed by atoms with van der Waals surface area (Å²) in [6, 6.07) is 4.86. The predicted molar refractivity (Wildman–Crippen MR) is 92.5 cm³/mol. The lowest BCUT2D eigenvalue weighted by Crippen LogP contribution is -2.59. The molecule has 1 saturated heterocycles. The molecule has 0 saturated carbocycles. The molecule has 0 radical (unpaired) electrons. The predicted octanol–water partition coefficient (Wildman–Crippen LogP) is 2.31. The third-order valence-electron chi connectivity index (χ3n) is 4.21. The molecule has 1 aliphatic heterocycles. The molecule has 1 aliphatic rings. The molecule has 1 aromatic rings. The Kier molecular flexibility index (Phi) is 5.06. The fraction of sp³-hybridized carbons (Fsp3) is 0.556. The minimum Gasteiger partial charge on any atom is -0.497 e. The van der Waals surface area contributed by atoms with Gasteiger partial charge in [0.2, 0.25) is 11.8 Å². The molecule has 2 rings (SSSR count). The summed E-state index contributed by atoms with van der Waals surface area (Å²) in [5.41, 5.74) is 0.210. The molecule has 6 heteroatoms. The van der Waals surface area contributed by atoms with Gasteiger partial charge in [-0.15, -0.1) is 0 Å². The largest absolute Gasteiger partial charge is 0.497 e. The molecule has 0 spiro atoms. The highest BCUT2D eigenvalue weighted by Gasteiger charge is 2.38. The lowest BCUT2D eigenvalue weighted by Gasteiger charge is -2.41. The first-order valence-corrected chi connectivity index (χ1v) is 8.04. The van der Waals surface area contributed by atoms with Crippen LogP contribution in [0.1, 0.15) is 27.7 Å². The van der Waals surface area contributed by atoms with Gasteiger partial charge in [0.05, 0.1) is 19.9 Å². The Labute approximate surface area is 143 Å². The number of hydrogen-bond acceptors (Lipinski definition) is 4. The second-order valence-corrected chi connectivity index (χ2v) is 6.99. The van der Waals surface area contributed by atoms with Crippen molar-refractivity contribution in [3.8, 4) is 11.5 Å². The van der Waals surface area contributed by atoms with E-state index in [1.165, 1.54) is 0 Å². The summed E-state index contributed by atoms with van der Waals surface area (Å²) >= 11 is 0. The zero-order valence-electron chi connectivity index (χ0n) is 15.3. The minimum atomic E-state index is -0.504. The van der Waals surface area contributed by atoms with Crippen LogP contribution >= 0.6 is 0 Å². The molecule has 0 bridgehead atoms. The van der Waals surface area contributed by atoms with E-state index >= 15 is 0 Å². The van der Waals surface area contributed by atoms with Gasteiger partial charge in [-0.2, -0.15) is 0 Å². The Balaban J connectivity index is 2.27. The Morgan fingerprint density at radius 3 is 2.08 bits per heavy atom. The third-order valence-corrected chi connectivity index (χ3v) is 4.21. The fourth-order valence-corrected chi connectivity index (χ4v) is 2.78. The molecule has 6 nitrogen and oxygen atoms in total. The summed E-state index contributed by atoms with van der Waals surface area (Å²) in [6.07, 6.45) is 0. The van der Waals surface area contributed by atoms with Gasteiger partial charge >= 0.3 is 0 Å². The number of hydrogen-bond donors (Lipinski definition) is 0. The first-order valence-electron chi connectivity index (χ1n) is 8.04.